The molecule has 1 aromatic heterocycles. The molecule has 2 heterocycles. The van der Waals surface area contributed by atoms with E-state index in [4.69, 9.17) is 0 Å². The Morgan fingerprint density at radius 2 is 2.15 bits per heavy atom. The van der Waals surface area contributed by atoms with Gasteiger partial charge in [-0.25, -0.2) is 9.98 Å². The van der Waals surface area contributed by atoms with Gasteiger partial charge in [0.25, 0.3) is 0 Å². The van der Waals surface area contributed by atoms with Crippen LogP contribution in [0.4, 0.5) is 5.13 Å². The summed E-state index contributed by atoms with van der Waals surface area (Å²) in [4.78, 5) is 24.9. The normalized spacial score (nSPS) is 16.4. The molecule has 0 bridgehead atoms. The minimum Gasteiger partial charge on any atom is -0.358 e. The fourth-order valence-electron chi connectivity index (χ4n) is 2.77. The Morgan fingerprint density at radius 1 is 1.42 bits per heavy atom. The maximum Gasteiger partial charge on any atom is 0.233 e. The first kappa shape index (κ1) is 20.4. The quantitative estimate of drug-likeness (QED) is 0.470. The summed E-state index contributed by atoms with van der Waals surface area (Å²) in [7, 11) is 5.67. The molecule has 0 unspecified atom stereocenters. The van der Waals surface area contributed by atoms with Crippen LogP contribution in [0.15, 0.2) is 10.4 Å². The van der Waals surface area contributed by atoms with Crippen molar-refractivity contribution in [3.63, 3.8) is 0 Å². The van der Waals surface area contributed by atoms with Gasteiger partial charge in [0, 0.05) is 52.2 Å². The third-order valence-corrected chi connectivity index (χ3v) is 5.30. The lowest BCUT2D eigenvalue weighted by atomic mass is 10.1. The van der Waals surface area contributed by atoms with E-state index in [1.54, 1.807) is 18.4 Å². The fourth-order valence-corrected chi connectivity index (χ4v) is 3.51. The first-order chi connectivity index (χ1) is 12.5. The van der Waals surface area contributed by atoms with Crippen molar-refractivity contribution in [1.82, 2.24) is 25.8 Å². The fraction of sp³-hybridized carbons (Fsp3) is 0.706. The number of hydrogen-bond acceptors (Lipinski definition) is 6. The van der Waals surface area contributed by atoms with Crippen molar-refractivity contribution in [2.75, 3.05) is 52.2 Å². The number of carbonyl (C=O) groups excluding carboxylic acids is 1. The van der Waals surface area contributed by atoms with E-state index in [1.807, 2.05) is 19.0 Å². The molecule has 0 saturated carbocycles. The highest BCUT2D eigenvalue weighted by atomic mass is 32.1. The summed E-state index contributed by atoms with van der Waals surface area (Å²) < 4.78 is 0. The van der Waals surface area contributed by atoms with Crippen LogP contribution in [-0.2, 0) is 11.3 Å². The number of thiazole rings is 1. The average Bonchev–Trinajstić information content (AvgIpc) is 3.11. The number of piperidine rings is 1. The number of guanidine groups is 1. The van der Waals surface area contributed by atoms with Crippen molar-refractivity contribution in [2.45, 2.75) is 32.4 Å². The molecule has 2 rings (SSSR count). The van der Waals surface area contributed by atoms with Crippen LogP contribution in [-0.4, -0.2) is 75.1 Å². The van der Waals surface area contributed by atoms with E-state index in [0.717, 1.165) is 49.3 Å². The number of rotatable bonds is 7. The van der Waals surface area contributed by atoms with E-state index in [9.17, 15) is 4.79 Å². The van der Waals surface area contributed by atoms with E-state index >= 15 is 0 Å². The summed E-state index contributed by atoms with van der Waals surface area (Å²) in [6.45, 7) is 5.77. The summed E-state index contributed by atoms with van der Waals surface area (Å²) in [5.41, 5.74) is 0.983. The maximum atomic E-state index is 11.5. The van der Waals surface area contributed by atoms with E-state index in [2.05, 4.69) is 43.1 Å². The number of hydrogen-bond donors (Lipinski definition) is 3. The van der Waals surface area contributed by atoms with Gasteiger partial charge < -0.3 is 20.9 Å². The van der Waals surface area contributed by atoms with Crippen LogP contribution in [0.3, 0.4) is 0 Å². The number of nitrogens with one attached hydrogen (secondary N) is 3. The van der Waals surface area contributed by atoms with Crippen molar-refractivity contribution >= 4 is 28.3 Å². The number of amides is 1. The van der Waals surface area contributed by atoms with Gasteiger partial charge in [-0.1, -0.05) is 0 Å². The molecule has 1 aromatic rings. The number of carbonyl (C=O) groups is 1. The van der Waals surface area contributed by atoms with Crippen LogP contribution < -0.4 is 20.9 Å². The standard InChI is InChI=1S/C17H31N7OS/c1-5-19-16(20-10-14-12-26-17(22-14)23(3)4)21-13-6-8-24(9-7-13)11-15(25)18-2/h12-13H,5-11H2,1-4H3,(H,18,25)(H2,19,20,21). The summed E-state index contributed by atoms with van der Waals surface area (Å²) in [5.74, 6) is 0.906. The van der Waals surface area contributed by atoms with Crippen LogP contribution in [0.1, 0.15) is 25.5 Å². The number of nitrogens with zero attached hydrogens (tertiary/aromatic N) is 4. The highest BCUT2D eigenvalue weighted by molar-refractivity contribution is 7.13. The molecule has 1 aliphatic heterocycles. The van der Waals surface area contributed by atoms with Gasteiger partial charge >= 0.3 is 0 Å². The molecule has 3 N–H and O–H groups in total. The minimum absolute atomic E-state index is 0.0756. The Bertz CT molecular complexity index is 594. The molecule has 1 amide bonds. The van der Waals surface area contributed by atoms with E-state index in [-0.39, 0.29) is 5.91 Å². The zero-order valence-corrected chi connectivity index (χ0v) is 17.0. The van der Waals surface area contributed by atoms with Gasteiger partial charge in [-0.05, 0) is 19.8 Å². The number of likely N-dealkylation sites (N-methyl/N-ethyl adjacent to an activating group) is 1. The summed E-state index contributed by atoms with van der Waals surface area (Å²) >= 11 is 1.63. The van der Waals surface area contributed by atoms with Crippen molar-refractivity contribution < 1.29 is 4.79 Å². The second kappa shape index (κ2) is 10.3. The van der Waals surface area contributed by atoms with E-state index in [0.29, 0.717) is 19.1 Å². The lowest BCUT2D eigenvalue weighted by Gasteiger charge is -2.32. The zero-order chi connectivity index (χ0) is 18.9. The van der Waals surface area contributed by atoms with Crippen molar-refractivity contribution in [3.8, 4) is 0 Å². The molecule has 0 aliphatic carbocycles. The minimum atomic E-state index is 0.0756. The molecule has 9 heteroatoms. The molecular formula is C17H31N7OS. The van der Waals surface area contributed by atoms with Gasteiger partial charge in [-0.3, -0.25) is 9.69 Å². The average molecular weight is 382 g/mol. The van der Waals surface area contributed by atoms with Crippen LogP contribution >= 0.6 is 11.3 Å². The van der Waals surface area contributed by atoms with Crippen molar-refractivity contribution in [2.24, 2.45) is 4.99 Å². The van der Waals surface area contributed by atoms with Crippen molar-refractivity contribution in [1.29, 1.82) is 0 Å². The molecule has 146 valence electrons. The number of likely N-dealkylation sites (tertiary alicyclic amines) is 1. The van der Waals surface area contributed by atoms with Gasteiger partial charge in [0.1, 0.15) is 0 Å². The Kier molecular flexibility index (Phi) is 8.11. The molecule has 1 aliphatic rings. The Labute approximate surface area is 160 Å². The molecule has 26 heavy (non-hydrogen) atoms. The second-order valence-electron chi connectivity index (χ2n) is 6.58. The molecular weight excluding hydrogens is 350 g/mol. The SMILES string of the molecule is CCNC(=NCc1csc(N(C)C)n1)NC1CCN(CC(=O)NC)CC1. The van der Waals surface area contributed by atoms with E-state index in [1.165, 1.54) is 0 Å². The maximum absolute atomic E-state index is 11.5. The van der Waals surface area contributed by atoms with Gasteiger partial charge in [0.2, 0.25) is 5.91 Å². The van der Waals surface area contributed by atoms with Crippen LogP contribution in [0.2, 0.25) is 0 Å². The number of anilines is 1. The Hall–Kier alpha value is -1.87. The predicted octanol–water partition coefficient (Wildman–Crippen LogP) is 0.475. The number of aromatic nitrogens is 1. The molecule has 0 spiro atoms. The topological polar surface area (TPSA) is 84.9 Å². The van der Waals surface area contributed by atoms with Crippen LogP contribution in [0, 0.1) is 0 Å². The summed E-state index contributed by atoms with van der Waals surface area (Å²) in [5, 5.41) is 12.6. The monoisotopic (exact) mass is 381 g/mol. The van der Waals surface area contributed by atoms with Gasteiger partial charge in [-0.2, -0.15) is 0 Å². The molecule has 1 saturated heterocycles. The van der Waals surface area contributed by atoms with Gasteiger partial charge in [0.05, 0.1) is 18.8 Å². The third kappa shape index (κ3) is 6.45. The number of aliphatic imine (C=N–C) groups is 1. The Morgan fingerprint density at radius 3 is 2.73 bits per heavy atom. The third-order valence-electron chi connectivity index (χ3n) is 4.24. The van der Waals surface area contributed by atoms with Crippen LogP contribution in [0.5, 0.6) is 0 Å². The molecule has 1 fully saturated rings. The molecule has 0 radical (unpaired) electrons. The van der Waals surface area contributed by atoms with Crippen LogP contribution in [0.25, 0.3) is 0 Å². The molecule has 0 aromatic carbocycles. The summed E-state index contributed by atoms with van der Waals surface area (Å²) in [6, 6.07) is 0.376. The first-order valence-electron chi connectivity index (χ1n) is 9.11. The van der Waals surface area contributed by atoms with Crippen molar-refractivity contribution in [3.05, 3.63) is 11.1 Å². The Balaban J connectivity index is 1.84. The smallest absolute Gasteiger partial charge is 0.233 e. The largest absolute Gasteiger partial charge is 0.358 e. The predicted molar refractivity (Wildman–Crippen MR) is 108 cm³/mol. The summed E-state index contributed by atoms with van der Waals surface area (Å²) in [6.07, 6.45) is 2.01. The lowest BCUT2D eigenvalue weighted by molar-refractivity contribution is -0.122. The first-order valence-corrected chi connectivity index (χ1v) is 9.99. The molecule has 0 atom stereocenters. The highest BCUT2D eigenvalue weighted by Crippen LogP contribution is 2.18. The van der Waals surface area contributed by atoms with E-state index < -0.39 is 0 Å². The molecule has 8 nitrogen and oxygen atoms in total. The zero-order valence-electron chi connectivity index (χ0n) is 16.2. The van der Waals surface area contributed by atoms with Gasteiger partial charge in [-0.15, -0.1) is 11.3 Å². The lowest BCUT2D eigenvalue weighted by Crippen LogP contribution is -2.50. The second-order valence-corrected chi connectivity index (χ2v) is 7.42. The highest BCUT2D eigenvalue weighted by Gasteiger charge is 2.21. The van der Waals surface area contributed by atoms with Gasteiger partial charge in [0.15, 0.2) is 11.1 Å².